The summed E-state index contributed by atoms with van der Waals surface area (Å²) in [6.45, 7) is 1.54. The van der Waals surface area contributed by atoms with Crippen LogP contribution in [0.1, 0.15) is 24.1 Å². The maximum atomic E-state index is 12.5. The van der Waals surface area contributed by atoms with Crippen molar-refractivity contribution in [3.63, 3.8) is 0 Å². The highest BCUT2D eigenvalue weighted by molar-refractivity contribution is 7.89. The van der Waals surface area contributed by atoms with Gasteiger partial charge >= 0.3 is 6.18 Å². The van der Waals surface area contributed by atoms with Crippen LogP contribution < -0.4 is 10.0 Å². The van der Waals surface area contributed by atoms with E-state index in [4.69, 9.17) is 0 Å². The predicted molar refractivity (Wildman–Crippen MR) is 88.2 cm³/mol. The standard InChI is InChI=1S/C14H14F3N3O3S2/c1-8(12(21)20-25(2,22)23)9-3-5-10(6-4-9)18-13-19-11(7-24-13)14(15,16)17/h3-8H,1-2H3,(H,18,19)(H,20,21). The summed E-state index contributed by atoms with van der Waals surface area (Å²) in [6.07, 6.45) is -3.61. The SMILES string of the molecule is CC(C(=O)NS(C)(=O)=O)c1ccc(Nc2nc(C(F)(F)F)cs2)cc1. The van der Waals surface area contributed by atoms with Crippen LogP contribution in [0, 0.1) is 0 Å². The van der Waals surface area contributed by atoms with Crippen molar-refractivity contribution in [3.8, 4) is 0 Å². The van der Waals surface area contributed by atoms with E-state index in [0.717, 1.165) is 23.0 Å². The van der Waals surface area contributed by atoms with Crippen LogP contribution in [0.4, 0.5) is 24.0 Å². The van der Waals surface area contributed by atoms with E-state index in [0.29, 0.717) is 11.3 Å². The molecule has 0 saturated carbocycles. The fourth-order valence-electron chi connectivity index (χ4n) is 1.86. The van der Waals surface area contributed by atoms with E-state index in [-0.39, 0.29) is 5.13 Å². The number of nitrogens with one attached hydrogen (secondary N) is 2. The smallest absolute Gasteiger partial charge is 0.332 e. The first-order valence-electron chi connectivity index (χ1n) is 6.87. The van der Waals surface area contributed by atoms with Gasteiger partial charge in [0.05, 0.1) is 12.2 Å². The molecule has 0 aliphatic carbocycles. The second-order valence-electron chi connectivity index (χ2n) is 5.24. The highest BCUT2D eigenvalue weighted by Gasteiger charge is 2.33. The van der Waals surface area contributed by atoms with E-state index in [1.54, 1.807) is 31.2 Å². The summed E-state index contributed by atoms with van der Waals surface area (Å²) < 4.78 is 61.6. The van der Waals surface area contributed by atoms with E-state index in [9.17, 15) is 26.4 Å². The van der Waals surface area contributed by atoms with Gasteiger partial charge in [0.15, 0.2) is 10.8 Å². The normalized spacial score (nSPS) is 13.3. The zero-order valence-corrected chi connectivity index (χ0v) is 14.7. The lowest BCUT2D eigenvalue weighted by Crippen LogP contribution is -2.32. The molecule has 2 aromatic rings. The summed E-state index contributed by atoms with van der Waals surface area (Å²) in [5, 5.41) is 3.74. The molecule has 25 heavy (non-hydrogen) atoms. The number of anilines is 2. The number of halogens is 3. The Labute approximate surface area is 146 Å². The second-order valence-corrected chi connectivity index (χ2v) is 7.85. The molecule has 1 atom stereocenters. The van der Waals surface area contributed by atoms with Gasteiger partial charge in [-0.1, -0.05) is 12.1 Å². The molecule has 1 aromatic carbocycles. The summed E-state index contributed by atoms with van der Waals surface area (Å²) >= 11 is 0.820. The van der Waals surface area contributed by atoms with Gasteiger partial charge in [0.2, 0.25) is 15.9 Å². The van der Waals surface area contributed by atoms with Crippen LogP contribution in [0.3, 0.4) is 0 Å². The van der Waals surface area contributed by atoms with Crippen molar-refractivity contribution in [3.05, 3.63) is 40.9 Å². The molecule has 2 N–H and O–H groups in total. The molecule has 6 nitrogen and oxygen atoms in total. The highest BCUT2D eigenvalue weighted by atomic mass is 32.2. The monoisotopic (exact) mass is 393 g/mol. The number of rotatable bonds is 5. The first kappa shape index (κ1) is 19.2. The number of aromatic nitrogens is 1. The third-order valence-corrected chi connectivity index (χ3v) is 4.47. The molecule has 0 aliphatic rings. The van der Waals surface area contributed by atoms with Crippen molar-refractivity contribution in [2.24, 2.45) is 0 Å². The molecular weight excluding hydrogens is 379 g/mol. The van der Waals surface area contributed by atoms with Gasteiger partial charge in [-0.25, -0.2) is 13.4 Å². The molecule has 0 bridgehead atoms. The maximum Gasteiger partial charge on any atom is 0.434 e. The lowest BCUT2D eigenvalue weighted by molar-refractivity contribution is -0.140. The van der Waals surface area contributed by atoms with Crippen molar-refractivity contribution in [2.75, 3.05) is 11.6 Å². The molecule has 0 fully saturated rings. The molecule has 0 radical (unpaired) electrons. The number of nitrogens with zero attached hydrogens (tertiary/aromatic N) is 1. The van der Waals surface area contributed by atoms with Gasteiger partial charge in [-0.05, 0) is 24.6 Å². The number of sulfonamides is 1. The van der Waals surface area contributed by atoms with Gasteiger partial charge in [0.1, 0.15) is 0 Å². The third-order valence-electron chi connectivity index (χ3n) is 3.14. The number of thiazole rings is 1. The van der Waals surface area contributed by atoms with Gasteiger partial charge in [-0.2, -0.15) is 13.2 Å². The summed E-state index contributed by atoms with van der Waals surface area (Å²) in [6, 6.07) is 6.28. The van der Waals surface area contributed by atoms with Crippen molar-refractivity contribution in [1.29, 1.82) is 0 Å². The summed E-state index contributed by atoms with van der Waals surface area (Å²) in [5.41, 5.74) is 0.0760. The van der Waals surface area contributed by atoms with Crippen LogP contribution in [0.5, 0.6) is 0 Å². The lowest BCUT2D eigenvalue weighted by atomic mass is 10.0. The minimum atomic E-state index is -4.50. The maximum absolute atomic E-state index is 12.5. The van der Waals surface area contributed by atoms with Crippen LogP contribution in [0.15, 0.2) is 29.6 Å². The zero-order chi connectivity index (χ0) is 18.8. The van der Waals surface area contributed by atoms with Crippen LogP contribution >= 0.6 is 11.3 Å². The number of hydrogen-bond donors (Lipinski definition) is 2. The lowest BCUT2D eigenvalue weighted by Gasteiger charge is -2.12. The minimum Gasteiger partial charge on any atom is -0.332 e. The average molecular weight is 393 g/mol. The van der Waals surface area contributed by atoms with E-state index in [2.05, 4.69) is 10.3 Å². The summed E-state index contributed by atoms with van der Waals surface area (Å²) in [7, 11) is -3.65. The van der Waals surface area contributed by atoms with Crippen molar-refractivity contribution in [2.45, 2.75) is 19.0 Å². The van der Waals surface area contributed by atoms with E-state index < -0.39 is 33.7 Å². The largest absolute Gasteiger partial charge is 0.434 e. The van der Waals surface area contributed by atoms with Crippen molar-refractivity contribution >= 4 is 38.1 Å². The Hall–Kier alpha value is -2.14. The Morgan fingerprint density at radius 3 is 2.32 bits per heavy atom. The topological polar surface area (TPSA) is 88.2 Å². The Morgan fingerprint density at radius 1 is 1.24 bits per heavy atom. The van der Waals surface area contributed by atoms with Gasteiger partial charge in [-0.3, -0.25) is 9.52 Å². The number of hydrogen-bond acceptors (Lipinski definition) is 6. The molecule has 0 spiro atoms. The number of carbonyl (C=O) groups is 1. The number of carbonyl (C=O) groups excluding carboxylic acids is 1. The van der Waals surface area contributed by atoms with Crippen LogP contribution in [-0.2, 0) is 21.0 Å². The number of amides is 1. The predicted octanol–water partition coefficient (Wildman–Crippen LogP) is 3.08. The summed E-state index contributed by atoms with van der Waals surface area (Å²) in [5.74, 6) is -1.38. The van der Waals surface area contributed by atoms with E-state index >= 15 is 0 Å². The Morgan fingerprint density at radius 2 is 1.84 bits per heavy atom. The molecule has 136 valence electrons. The first-order chi connectivity index (χ1) is 11.5. The molecule has 0 saturated heterocycles. The molecular formula is C14H14F3N3O3S2. The molecule has 2 rings (SSSR count). The molecule has 11 heteroatoms. The van der Waals surface area contributed by atoms with Gasteiger partial charge < -0.3 is 5.32 Å². The molecule has 1 aromatic heterocycles. The van der Waals surface area contributed by atoms with Gasteiger partial charge in [0.25, 0.3) is 0 Å². The fraction of sp³-hybridized carbons (Fsp3) is 0.286. The third kappa shape index (κ3) is 5.43. The Balaban J connectivity index is 2.07. The second kappa shape index (κ2) is 7.00. The minimum absolute atomic E-state index is 0.0861. The molecule has 1 heterocycles. The Bertz CT molecular complexity index is 861. The van der Waals surface area contributed by atoms with Crippen molar-refractivity contribution < 1.29 is 26.4 Å². The van der Waals surface area contributed by atoms with Crippen molar-refractivity contribution in [1.82, 2.24) is 9.71 Å². The summed E-state index contributed by atoms with van der Waals surface area (Å²) in [4.78, 5) is 15.3. The molecule has 0 aliphatic heterocycles. The molecule has 1 amide bonds. The van der Waals surface area contributed by atoms with Crippen LogP contribution in [0.2, 0.25) is 0 Å². The van der Waals surface area contributed by atoms with Gasteiger partial charge in [0, 0.05) is 11.1 Å². The van der Waals surface area contributed by atoms with E-state index in [1.165, 1.54) is 0 Å². The Kier molecular flexibility index (Phi) is 5.37. The zero-order valence-electron chi connectivity index (χ0n) is 13.1. The van der Waals surface area contributed by atoms with Gasteiger partial charge in [-0.15, -0.1) is 11.3 Å². The highest BCUT2D eigenvalue weighted by Crippen LogP contribution is 2.32. The number of alkyl halides is 3. The quantitative estimate of drug-likeness (QED) is 0.815. The first-order valence-corrected chi connectivity index (χ1v) is 9.64. The average Bonchev–Trinajstić information content (AvgIpc) is 2.94. The fourth-order valence-corrected chi connectivity index (χ4v) is 3.14. The van der Waals surface area contributed by atoms with Crippen LogP contribution in [-0.4, -0.2) is 25.6 Å². The van der Waals surface area contributed by atoms with E-state index in [1.807, 2.05) is 4.72 Å². The number of benzene rings is 1. The van der Waals surface area contributed by atoms with Crippen LogP contribution in [0.25, 0.3) is 0 Å². The molecule has 1 unspecified atom stereocenters.